The number of thiazole rings is 1. The number of hydrogen-bond acceptors (Lipinski definition) is 5. The Morgan fingerprint density at radius 2 is 2.04 bits per heavy atom. The average Bonchev–Trinajstić information content (AvgIpc) is 2.91. The number of likely N-dealkylation sites (tertiary alicyclic amines) is 1. The van der Waals surface area contributed by atoms with Gasteiger partial charge in [0.1, 0.15) is 5.01 Å². The Bertz CT molecular complexity index is 559. The second-order valence-corrected chi connectivity index (χ2v) is 6.33. The molecule has 0 atom stereocenters. The third-order valence-corrected chi connectivity index (χ3v) is 4.22. The molecule has 0 saturated carbocycles. The lowest BCUT2D eigenvalue weighted by atomic mass is 10.1. The summed E-state index contributed by atoms with van der Waals surface area (Å²) >= 11 is 1.63. The van der Waals surface area contributed by atoms with E-state index in [4.69, 9.17) is 0 Å². The summed E-state index contributed by atoms with van der Waals surface area (Å²) in [6.45, 7) is 3.46. The van der Waals surface area contributed by atoms with E-state index in [1.54, 1.807) is 18.4 Å². The van der Waals surface area contributed by atoms with E-state index in [-0.39, 0.29) is 35.8 Å². The number of guanidine groups is 1. The van der Waals surface area contributed by atoms with Gasteiger partial charge in [0.05, 0.1) is 6.54 Å². The number of aromatic nitrogens is 1. The number of rotatable bonds is 5. The van der Waals surface area contributed by atoms with Gasteiger partial charge in [-0.1, -0.05) is 0 Å². The molecule has 0 aromatic carbocycles. The van der Waals surface area contributed by atoms with Crippen LogP contribution in [-0.4, -0.2) is 47.8 Å². The molecule has 2 heterocycles. The highest BCUT2D eigenvalue weighted by molar-refractivity contribution is 14.0. The maximum Gasteiger partial charge on any atom is 0.229 e. The van der Waals surface area contributed by atoms with Crippen LogP contribution in [0.5, 0.6) is 0 Å². The monoisotopic (exact) mass is 451 g/mol. The average molecular weight is 451 g/mol. The first-order valence-corrected chi connectivity index (χ1v) is 8.11. The minimum Gasteiger partial charge on any atom is -0.355 e. The number of nitrogens with one attached hydrogen (secondary N) is 2. The summed E-state index contributed by atoms with van der Waals surface area (Å²) < 4.78 is 0. The molecule has 2 N–H and O–H groups in total. The van der Waals surface area contributed by atoms with Crippen molar-refractivity contribution in [2.45, 2.75) is 32.7 Å². The Morgan fingerprint density at radius 3 is 2.61 bits per heavy atom. The Labute approximate surface area is 157 Å². The Morgan fingerprint density at radius 1 is 1.35 bits per heavy atom. The lowest BCUT2D eigenvalue weighted by molar-refractivity contribution is -0.147. The topological polar surface area (TPSA) is 86.7 Å². The van der Waals surface area contributed by atoms with Crippen LogP contribution in [0.15, 0.2) is 11.2 Å². The number of nitrogens with zero attached hydrogens (tertiary/aromatic N) is 3. The zero-order valence-corrected chi connectivity index (χ0v) is 16.4. The van der Waals surface area contributed by atoms with Gasteiger partial charge in [-0.25, -0.2) is 4.98 Å². The van der Waals surface area contributed by atoms with Crippen molar-refractivity contribution in [3.05, 3.63) is 16.1 Å². The first kappa shape index (κ1) is 19.8. The highest BCUT2D eigenvalue weighted by atomic mass is 127. The van der Waals surface area contributed by atoms with Gasteiger partial charge < -0.3 is 10.6 Å². The molecule has 128 valence electrons. The summed E-state index contributed by atoms with van der Waals surface area (Å²) in [6, 6.07) is 0. The molecule has 1 aromatic rings. The summed E-state index contributed by atoms with van der Waals surface area (Å²) in [5.41, 5.74) is 0. The molecule has 2 rings (SSSR count). The molecule has 0 unspecified atom stereocenters. The van der Waals surface area contributed by atoms with Crippen molar-refractivity contribution in [3.63, 3.8) is 0 Å². The zero-order chi connectivity index (χ0) is 15.9. The first-order valence-electron chi connectivity index (χ1n) is 7.29. The number of hydrogen-bond donors (Lipinski definition) is 2. The van der Waals surface area contributed by atoms with E-state index in [1.165, 1.54) is 9.78 Å². The van der Waals surface area contributed by atoms with E-state index in [2.05, 4.69) is 20.6 Å². The standard InChI is InChI=1S/C14H21N5O2S.HI/c1-10-8-17-11(22-10)9-18-14(15-2)16-6-7-19-12(20)4-3-5-13(19)21;/h8H,3-7,9H2,1-2H3,(H2,15,16,18);1H. The minimum absolute atomic E-state index is 0. The summed E-state index contributed by atoms with van der Waals surface area (Å²) in [5.74, 6) is 0.461. The van der Waals surface area contributed by atoms with Crippen LogP contribution in [0, 0.1) is 6.92 Å². The van der Waals surface area contributed by atoms with E-state index in [9.17, 15) is 9.59 Å². The first-order chi connectivity index (χ1) is 10.6. The van der Waals surface area contributed by atoms with Crippen LogP contribution in [0.1, 0.15) is 29.1 Å². The Kier molecular flexibility index (Phi) is 8.45. The number of aliphatic imine (C=N–C) groups is 1. The third kappa shape index (κ3) is 6.05. The van der Waals surface area contributed by atoms with Gasteiger partial charge in [-0.2, -0.15) is 0 Å². The van der Waals surface area contributed by atoms with Crippen molar-refractivity contribution in [2.24, 2.45) is 4.99 Å². The predicted octanol–water partition coefficient (Wildman–Crippen LogP) is 1.27. The summed E-state index contributed by atoms with van der Waals surface area (Å²) in [7, 11) is 1.68. The van der Waals surface area contributed by atoms with Crippen LogP contribution in [0.4, 0.5) is 0 Å². The largest absolute Gasteiger partial charge is 0.355 e. The lowest BCUT2D eigenvalue weighted by Crippen LogP contribution is -2.46. The third-order valence-electron chi connectivity index (χ3n) is 3.31. The maximum atomic E-state index is 11.7. The van der Waals surface area contributed by atoms with Crippen molar-refractivity contribution in [2.75, 3.05) is 20.1 Å². The van der Waals surface area contributed by atoms with Gasteiger partial charge in [-0.05, 0) is 13.3 Å². The van der Waals surface area contributed by atoms with Crippen LogP contribution < -0.4 is 10.6 Å². The molecule has 0 bridgehead atoms. The number of halogens is 1. The molecule has 9 heteroatoms. The minimum atomic E-state index is -0.0840. The molecule has 23 heavy (non-hydrogen) atoms. The van der Waals surface area contributed by atoms with Gasteiger partial charge in [0.15, 0.2) is 5.96 Å². The second kappa shape index (κ2) is 9.81. The molecule has 1 fully saturated rings. The molecule has 1 aliphatic rings. The predicted molar refractivity (Wildman–Crippen MR) is 101 cm³/mol. The molecule has 1 aromatic heterocycles. The quantitative estimate of drug-likeness (QED) is 0.305. The molecular formula is C14H22IN5O2S. The fourth-order valence-corrected chi connectivity index (χ4v) is 2.93. The van der Waals surface area contributed by atoms with Gasteiger partial charge in [-0.3, -0.25) is 19.5 Å². The van der Waals surface area contributed by atoms with Crippen LogP contribution >= 0.6 is 35.3 Å². The summed E-state index contributed by atoms with van der Waals surface area (Å²) in [5, 5.41) is 7.25. The molecule has 7 nitrogen and oxygen atoms in total. The molecular weight excluding hydrogens is 429 g/mol. The van der Waals surface area contributed by atoms with Gasteiger partial charge in [0.2, 0.25) is 11.8 Å². The Balaban J connectivity index is 0.00000264. The number of carbonyl (C=O) groups excluding carboxylic acids is 2. The number of imide groups is 1. The highest BCUT2D eigenvalue weighted by Gasteiger charge is 2.25. The summed E-state index contributed by atoms with van der Waals surface area (Å²) in [4.78, 5) is 34.3. The van der Waals surface area contributed by atoms with Crippen LogP contribution in [-0.2, 0) is 16.1 Å². The summed E-state index contributed by atoms with van der Waals surface area (Å²) in [6.07, 6.45) is 3.42. The van der Waals surface area contributed by atoms with Gasteiger partial charge in [0, 0.05) is 44.1 Å². The van der Waals surface area contributed by atoms with Crippen molar-refractivity contribution in [3.8, 4) is 0 Å². The molecule has 1 aliphatic heterocycles. The van der Waals surface area contributed by atoms with E-state index < -0.39 is 0 Å². The lowest BCUT2D eigenvalue weighted by Gasteiger charge is -2.25. The molecule has 1 saturated heterocycles. The van der Waals surface area contributed by atoms with Crippen LogP contribution in [0.3, 0.4) is 0 Å². The number of amides is 2. The van der Waals surface area contributed by atoms with Gasteiger partial charge >= 0.3 is 0 Å². The fraction of sp³-hybridized carbons (Fsp3) is 0.571. The van der Waals surface area contributed by atoms with Crippen molar-refractivity contribution < 1.29 is 9.59 Å². The molecule has 0 aliphatic carbocycles. The SMILES string of the molecule is CN=C(NCCN1C(=O)CCCC1=O)NCc1ncc(C)s1.I. The van der Waals surface area contributed by atoms with Crippen LogP contribution in [0.25, 0.3) is 0 Å². The van der Waals surface area contributed by atoms with Gasteiger partial charge in [0.25, 0.3) is 0 Å². The zero-order valence-electron chi connectivity index (χ0n) is 13.3. The number of carbonyl (C=O) groups is 2. The van der Waals surface area contributed by atoms with Gasteiger partial charge in [-0.15, -0.1) is 35.3 Å². The second-order valence-electron chi connectivity index (χ2n) is 5.01. The van der Waals surface area contributed by atoms with E-state index in [1.807, 2.05) is 13.1 Å². The fourth-order valence-electron chi connectivity index (χ4n) is 2.20. The molecule has 0 radical (unpaired) electrons. The smallest absolute Gasteiger partial charge is 0.229 e. The normalized spacial score (nSPS) is 15.4. The highest BCUT2D eigenvalue weighted by Crippen LogP contribution is 2.11. The van der Waals surface area contributed by atoms with E-state index >= 15 is 0 Å². The van der Waals surface area contributed by atoms with Crippen molar-refractivity contribution >= 4 is 53.1 Å². The molecule has 2 amide bonds. The molecule has 0 spiro atoms. The van der Waals surface area contributed by atoms with Crippen molar-refractivity contribution in [1.29, 1.82) is 0 Å². The maximum absolute atomic E-state index is 11.7. The number of piperidine rings is 1. The van der Waals surface area contributed by atoms with E-state index in [0.717, 1.165) is 5.01 Å². The van der Waals surface area contributed by atoms with Crippen molar-refractivity contribution in [1.82, 2.24) is 20.5 Å². The van der Waals surface area contributed by atoms with Crippen LogP contribution in [0.2, 0.25) is 0 Å². The number of aryl methyl sites for hydroxylation is 1. The Hall–Kier alpha value is -1.23. The van der Waals surface area contributed by atoms with E-state index in [0.29, 0.717) is 44.9 Å².